The second kappa shape index (κ2) is 9.00. The van der Waals surface area contributed by atoms with Gasteiger partial charge in [0, 0.05) is 18.7 Å². The van der Waals surface area contributed by atoms with Gasteiger partial charge in [-0.2, -0.15) is 0 Å². The molecule has 2 aromatic rings. The summed E-state index contributed by atoms with van der Waals surface area (Å²) in [6.45, 7) is 5.23. The molecule has 1 amide bonds. The summed E-state index contributed by atoms with van der Waals surface area (Å²) in [6.07, 6.45) is 1.51. The van der Waals surface area contributed by atoms with Crippen molar-refractivity contribution in [1.82, 2.24) is 4.90 Å². The SMILES string of the molecule is CCN(C(=O)C1COc2cc(OC)ccc2C1)C(C)Cc1ccc(OC)cc1. The van der Waals surface area contributed by atoms with Gasteiger partial charge in [-0.1, -0.05) is 18.2 Å². The third kappa shape index (κ3) is 4.41. The second-order valence-corrected chi connectivity index (χ2v) is 7.21. The summed E-state index contributed by atoms with van der Waals surface area (Å²) in [4.78, 5) is 15.2. The summed E-state index contributed by atoms with van der Waals surface area (Å²) in [7, 11) is 3.30. The van der Waals surface area contributed by atoms with Crippen LogP contribution < -0.4 is 14.2 Å². The topological polar surface area (TPSA) is 48.0 Å². The minimum Gasteiger partial charge on any atom is -0.497 e. The standard InChI is InChI=1S/C23H29NO4/c1-5-24(16(2)12-17-6-9-20(26-3)10-7-17)23(25)19-13-18-8-11-21(27-4)14-22(18)28-15-19/h6-11,14,16,19H,5,12-13,15H2,1-4H3. The first-order chi connectivity index (χ1) is 13.5. The third-order valence-electron chi connectivity index (χ3n) is 5.38. The first-order valence-corrected chi connectivity index (χ1v) is 9.78. The number of amides is 1. The zero-order valence-corrected chi connectivity index (χ0v) is 17.1. The lowest BCUT2D eigenvalue weighted by atomic mass is 9.94. The second-order valence-electron chi connectivity index (χ2n) is 7.21. The normalized spacial score (nSPS) is 16.5. The summed E-state index contributed by atoms with van der Waals surface area (Å²) >= 11 is 0. The number of carbonyl (C=O) groups is 1. The lowest BCUT2D eigenvalue weighted by Crippen LogP contribution is -2.46. The molecule has 0 N–H and O–H groups in total. The van der Waals surface area contributed by atoms with Gasteiger partial charge in [0.1, 0.15) is 23.9 Å². The van der Waals surface area contributed by atoms with Crippen molar-refractivity contribution in [2.24, 2.45) is 5.92 Å². The molecule has 2 unspecified atom stereocenters. The Hall–Kier alpha value is -2.69. The van der Waals surface area contributed by atoms with E-state index >= 15 is 0 Å². The fourth-order valence-electron chi connectivity index (χ4n) is 3.77. The van der Waals surface area contributed by atoms with E-state index in [1.165, 1.54) is 5.56 Å². The van der Waals surface area contributed by atoms with Crippen LogP contribution in [0.15, 0.2) is 42.5 Å². The van der Waals surface area contributed by atoms with Crippen LogP contribution in [0.1, 0.15) is 25.0 Å². The predicted octanol–water partition coefficient (Wildman–Crippen LogP) is 3.73. The Balaban J connectivity index is 1.66. The van der Waals surface area contributed by atoms with Gasteiger partial charge in [0.05, 0.1) is 20.1 Å². The lowest BCUT2D eigenvalue weighted by molar-refractivity contribution is -0.138. The van der Waals surface area contributed by atoms with Crippen LogP contribution in [0.2, 0.25) is 0 Å². The molecule has 28 heavy (non-hydrogen) atoms. The van der Waals surface area contributed by atoms with Gasteiger partial charge < -0.3 is 19.1 Å². The quantitative estimate of drug-likeness (QED) is 0.731. The molecule has 0 aliphatic carbocycles. The molecule has 150 valence electrons. The molecule has 0 radical (unpaired) electrons. The highest BCUT2D eigenvalue weighted by Crippen LogP contribution is 2.32. The van der Waals surface area contributed by atoms with E-state index in [2.05, 4.69) is 19.1 Å². The maximum atomic E-state index is 13.2. The summed E-state index contributed by atoms with van der Waals surface area (Å²) < 4.78 is 16.3. The van der Waals surface area contributed by atoms with Crippen LogP contribution in [0.3, 0.4) is 0 Å². The molecule has 1 aliphatic rings. The first-order valence-electron chi connectivity index (χ1n) is 9.78. The number of nitrogens with zero attached hydrogens (tertiary/aromatic N) is 1. The number of carbonyl (C=O) groups excluding carboxylic acids is 1. The van der Waals surface area contributed by atoms with Gasteiger partial charge in [-0.25, -0.2) is 0 Å². The van der Waals surface area contributed by atoms with Crippen molar-refractivity contribution < 1.29 is 19.0 Å². The van der Waals surface area contributed by atoms with Crippen LogP contribution in [-0.2, 0) is 17.6 Å². The van der Waals surface area contributed by atoms with E-state index in [-0.39, 0.29) is 17.9 Å². The molecule has 0 fully saturated rings. The van der Waals surface area contributed by atoms with Crippen LogP contribution >= 0.6 is 0 Å². The summed E-state index contributed by atoms with van der Waals surface area (Å²) in [6, 6.07) is 13.9. The molecule has 0 bridgehead atoms. The number of likely N-dealkylation sites (N-methyl/N-ethyl adjacent to an activating group) is 1. The van der Waals surface area contributed by atoms with Crippen LogP contribution in [-0.4, -0.2) is 44.2 Å². The maximum Gasteiger partial charge on any atom is 0.229 e. The Morgan fingerprint density at radius 3 is 2.46 bits per heavy atom. The third-order valence-corrected chi connectivity index (χ3v) is 5.38. The average molecular weight is 383 g/mol. The number of hydrogen-bond acceptors (Lipinski definition) is 4. The van der Waals surface area contributed by atoms with Crippen molar-refractivity contribution in [3.8, 4) is 17.2 Å². The van der Waals surface area contributed by atoms with E-state index in [1.807, 2.05) is 42.2 Å². The van der Waals surface area contributed by atoms with Crippen LogP contribution in [0.5, 0.6) is 17.2 Å². The zero-order chi connectivity index (χ0) is 20.1. The van der Waals surface area contributed by atoms with Gasteiger partial charge in [0.15, 0.2) is 0 Å². The Labute approximate surface area is 167 Å². The zero-order valence-electron chi connectivity index (χ0n) is 17.1. The monoisotopic (exact) mass is 383 g/mol. The van der Waals surface area contributed by atoms with Gasteiger partial charge >= 0.3 is 0 Å². The molecular formula is C23H29NO4. The lowest BCUT2D eigenvalue weighted by Gasteiger charge is -2.33. The number of ether oxygens (including phenoxy) is 3. The van der Waals surface area contributed by atoms with Gasteiger partial charge in [0.2, 0.25) is 5.91 Å². The number of rotatable bonds is 7. The highest BCUT2D eigenvalue weighted by atomic mass is 16.5. The fraction of sp³-hybridized carbons (Fsp3) is 0.435. The maximum absolute atomic E-state index is 13.2. The van der Waals surface area contributed by atoms with Crippen LogP contribution in [0.25, 0.3) is 0 Å². The van der Waals surface area contributed by atoms with Crippen LogP contribution in [0, 0.1) is 5.92 Å². The van der Waals surface area contributed by atoms with Crippen LogP contribution in [0.4, 0.5) is 0 Å². The molecule has 0 aromatic heterocycles. The Morgan fingerprint density at radius 2 is 1.82 bits per heavy atom. The predicted molar refractivity (Wildman–Crippen MR) is 109 cm³/mol. The summed E-state index contributed by atoms with van der Waals surface area (Å²) in [5, 5.41) is 0. The van der Waals surface area contributed by atoms with Gasteiger partial charge in [-0.3, -0.25) is 4.79 Å². The molecular weight excluding hydrogens is 354 g/mol. The minimum absolute atomic E-state index is 0.114. The van der Waals surface area contributed by atoms with E-state index < -0.39 is 0 Å². The molecule has 1 aliphatic heterocycles. The summed E-state index contributed by atoms with van der Waals surface area (Å²) in [5.74, 6) is 2.43. The molecule has 0 saturated carbocycles. The van der Waals surface area contributed by atoms with Crippen molar-refractivity contribution in [3.63, 3.8) is 0 Å². The molecule has 1 heterocycles. The smallest absolute Gasteiger partial charge is 0.229 e. The molecule has 5 heteroatoms. The van der Waals surface area contributed by atoms with E-state index in [1.54, 1.807) is 14.2 Å². The Bertz CT molecular complexity index is 803. The molecule has 2 atom stereocenters. The molecule has 5 nitrogen and oxygen atoms in total. The number of fused-ring (bicyclic) bond motifs is 1. The highest BCUT2D eigenvalue weighted by molar-refractivity contribution is 5.80. The van der Waals surface area contributed by atoms with Gasteiger partial charge in [-0.15, -0.1) is 0 Å². The number of hydrogen-bond donors (Lipinski definition) is 0. The summed E-state index contributed by atoms with van der Waals surface area (Å²) in [5.41, 5.74) is 2.25. The number of benzene rings is 2. The largest absolute Gasteiger partial charge is 0.497 e. The average Bonchev–Trinajstić information content (AvgIpc) is 2.73. The fourth-order valence-corrected chi connectivity index (χ4v) is 3.77. The van der Waals surface area contributed by atoms with Gasteiger partial charge in [-0.05, 0) is 56.0 Å². The van der Waals surface area contributed by atoms with Crippen molar-refractivity contribution in [2.45, 2.75) is 32.7 Å². The van der Waals surface area contributed by atoms with Crippen molar-refractivity contribution in [1.29, 1.82) is 0 Å². The van der Waals surface area contributed by atoms with Crippen molar-refractivity contribution in [2.75, 3.05) is 27.4 Å². The first kappa shape index (κ1) is 20.1. The van der Waals surface area contributed by atoms with Crippen molar-refractivity contribution in [3.05, 3.63) is 53.6 Å². The van der Waals surface area contributed by atoms with E-state index in [4.69, 9.17) is 14.2 Å². The molecule has 0 saturated heterocycles. The van der Waals surface area contributed by atoms with Crippen molar-refractivity contribution >= 4 is 5.91 Å². The molecule has 0 spiro atoms. The van der Waals surface area contributed by atoms with E-state index in [0.717, 1.165) is 29.2 Å². The van der Waals surface area contributed by atoms with E-state index in [0.29, 0.717) is 19.6 Å². The van der Waals surface area contributed by atoms with E-state index in [9.17, 15) is 4.79 Å². The molecule has 2 aromatic carbocycles. The Morgan fingerprint density at radius 1 is 1.14 bits per heavy atom. The molecule has 3 rings (SSSR count). The Kier molecular flexibility index (Phi) is 6.45. The highest BCUT2D eigenvalue weighted by Gasteiger charge is 2.31. The minimum atomic E-state index is -0.154. The number of methoxy groups -OCH3 is 2. The van der Waals surface area contributed by atoms with Gasteiger partial charge in [0.25, 0.3) is 0 Å².